The third-order valence-electron chi connectivity index (χ3n) is 6.31. The zero-order valence-corrected chi connectivity index (χ0v) is 21.6. The SMILES string of the molecule is Cc1ccc(S(=O)(=O)NCc2cc(CN3CCCC3)c(O)c(CN3CCCC3)c2)cc1.Cl.Cl. The van der Waals surface area contributed by atoms with Gasteiger partial charge in [-0.1, -0.05) is 17.7 Å². The summed E-state index contributed by atoms with van der Waals surface area (Å²) >= 11 is 0. The molecule has 4 rings (SSSR count). The summed E-state index contributed by atoms with van der Waals surface area (Å²) < 4.78 is 28.2. The molecule has 0 bridgehead atoms. The summed E-state index contributed by atoms with van der Waals surface area (Å²) in [7, 11) is -3.59. The monoisotopic (exact) mass is 515 g/mol. The van der Waals surface area contributed by atoms with Gasteiger partial charge in [-0.25, -0.2) is 13.1 Å². The van der Waals surface area contributed by atoms with Crippen LogP contribution in [0.15, 0.2) is 41.3 Å². The molecule has 6 nitrogen and oxygen atoms in total. The van der Waals surface area contributed by atoms with Crippen molar-refractivity contribution < 1.29 is 13.5 Å². The highest BCUT2D eigenvalue weighted by atomic mass is 35.5. The second-order valence-corrected chi connectivity index (χ2v) is 10.6. The molecule has 2 saturated heterocycles. The van der Waals surface area contributed by atoms with Gasteiger partial charge in [0.15, 0.2) is 0 Å². The van der Waals surface area contributed by atoms with Crippen LogP contribution in [0.3, 0.4) is 0 Å². The van der Waals surface area contributed by atoms with Gasteiger partial charge in [-0.2, -0.15) is 0 Å². The van der Waals surface area contributed by atoms with Gasteiger partial charge in [0, 0.05) is 30.8 Å². The Kier molecular flexibility index (Phi) is 10.5. The van der Waals surface area contributed by atoms with Crippen molar-refractivity contribution in [3.63, 3.8) is 0 Å². The van der Waals surface area contributed by atoms with E-state index >= 15 is 0 Å². The summed E-state index contributed by atoms with van der Waals surface area (Å²) in [6.45, 7) is 7.74. The number of sulfonamides is 1. The Morgan fingerprint density at radius 3 is 1.76 bits per heavy atom. The van der Waals surface area contributed by atoms with Gasteiger partial charge in [-0.15, -0.1) is 24.8 Å². The number of nitrogens with zero attached hydrogens (tertiary/aromatic N) is 2. The summed E-state index contributed by atoms with van der Waals surface area (Å²) in [5.41, 5.74) is 3.69. The molecule has 0 atom stereocenters. The molecule has 0 amide bonds. The first-order valence-corrected chi connectivity index (χ1v) is 12.7. The first-order chi connectivity index (χ1) is 14.9. The highest BCUT2D eigenvalue weighted by molar-refractivity contribution is 7.89. The largest absolute Gasteiger partial charge is 0.507 e. The number of rotatable bonds is 8. The van der Waals surface area contributed by atoms with Gasteiger partial charge in [-0.3, -0.25) is 9.80 Å². The van der Waals surface area contributed by atoms with Crippen molar-refractivity contribution in [3.05, 3.63) is 58.7 Å². The van der Waals surface area contributed by atoms with Crippen LogP contribution in [0.2, 0.25) is 0 Å². The van der Waals surface area contributed by atoms with E-state index in [1.807, 2.05) is 19.1 Å². The molecule has 0 spiro atoms. The quantitative estimate of drug-likeness (QED) is 0.550. The van der Waals surface area contributed by atoms with E-state index in [-0.39, 0.29) is 36.3 Å². The fourth-order valence-electron chi connectivity index (χ4n) is 4.52. The number of benzene rings is 2. The molecule has 2 aliphatic rings. The van der Waals surface area contributed by atoms with E-state index in [0.717, 1.165) is 48.4 Å². The topological polar surface area (TPSA) is 72.9 Å². The molecule has 2 fully saturated rings. The third kappa shape index (κ3) is 7.31. The Morgan fingerprint density at radius 1 is 0.848 bits per heavy atom. The molecule has 0 aromatic heterocycles. The van der Waals surface area contributed by atoms with Crippen molar-refractivity contribution in [3.8, 4) is 5.75 Å². The summed E-state index contributed by atoms with van der Waals surface area (Å²) in [4.78, 5) is 4.98. The Bertz CT molecular complexity index is 965. The van der Waals surface area contributed by atoms with Crippen LogP contribution < -0.4 is 4.72 Å². The molecule has 0 radical (unpaired) electrons. The second kappa shape index (κ2) is 12.4. The molecule has 2 aromatic carbocycles. The van der Waals surface area contributed by atoms with Crippen LogP contribution in [-0.2, 0) is 29.7 Å². The first-order valence-electron chi connectivity index (χ1n) is 11.3. The highest BCUT2D eigenvalue weighted by Gasteiger charge is 2.20. The molecule has 0 aliphatic carbocycles. The van der Waals surface area contributed by atoms with Gasteiger partial charge in [0.1, 0.15) is 5.75 Å². The van der Waals surface area contributed by atoms with Crippen molar-refractivity contribution >= 4 is 34.8 Å². The summed E-state index contributed by atoms with van der Waals surface area (Å²) in [6.07, 6.45) is 4.77. The zero-order chi connectivity index (χ0) is 21.8. The molecule has 184 valence electrons. The standard InChI is InChI=1S/C24H33N3O3S.2ClH/c1-19-6-8-23(9-7-19)31(29,30)25-16-20-14-21(17-26-10-2-3-11-26)24(28)22(15-20)18-27-12-4-5-13-27;;/h6-9,14-15,25,28H,2-5,10-13,16-18H2,1H3;2*1H. The van der Waals surface area contributed by atoms with Gasteiger partial charge in [0.2, 0.25) is 10.0 Å². The van der Waals surface area contributed by atoms with Crippen molar-refractivity contribution in [2.24, 2.45) is 0 Å². The van der Waals surface area contributed by atoms with E-state index in [4.69, 9.17) is 0 Å². The van der Waals surface area contributed by atoms with Gasteiger partial charge in [0.25, 0.3) is 0 Å². The number of aromatic hydroxyl groups is 1. The molecular weight excluding hydrogens is 481 g/mol. The Morgan fingerprint density at radius 2 is 1.30 bits per heavy atom. The van der Waals surface area contributed by atoms with Crippen LogP contribution in [0.25, 0.3) is 0 Å². The number of nitrogens with one attached hydrogen (secondary N) is 1. The number of likely N-dealkylation sites (tertiary alicyclic amines) is 2. The normalized spacial score (nSPS) is 17.0. The maximum Gasteiger partial charge on any atom is 0.240 e. The Hall–Kier alpha value is -1.35. The maximum atomic E-state index is 12.7. The average Bonchev–Trinajstić information content (AvgIpc) is 3.44. The van der Waals surface area contributed by atoms with Gasteiger partial charge < -0.3 is 5.11 Å². The molecule has 0 saturated carbocycles. The number of hydrogen-bond donors (Lipinski definition) is 2. The maximum absolute atomic E-state index is 12.7. The second-order valence-electron chi connectivity index (χ2n) is 8.87. The number of halogens is 2. The van der Waals surface area contributed by atoms with Crippen LogP contribution >= 0.6 is 24.8 Å². The number of phenols is 1. The van der Waals surface area contributed by atoms with Gasteiger partial charge in [-0.05, 0) is 88.6 Å². The van der Waals surface area contributed by atoms with Crippen molar-refractivity contribution in [2.75, 3.05) is 26.2 Å². The van der Waals surface area contributed by atoms with E-state index in [9.17, 15) is 13.5 Å². The Balaban J connectivity index is 0.00000193. The van der Waals surface area contributed by atoms with E-state index < -0.39 is 10.0 Å². The summed E-state index contributed by atoms with van der Waals surface area (Å²) in [6, 6.07) is 10.8. The van der Waals surface area contributed by atoms with Crippen LogP contribution in [0.5, 0.6) is 5.75 Å². The van der Waals surface area contributed by atoms with Gasteiger partial charge in [0.05, 0.1) is 4.90 Å². The van der Waals surface area contributed by atoms with Crippen LogP contribution in [-0.4, -0.2) is 49.5 Å². The lowest BCUT2D eigenvalue weighted by Gasteiger charge is -2.21. The summed E-state index contributed by atoms with van der Waals surface area (Å²) in [5, 5.41) is 11.0. The summed E-state index contributed by atoms with van der Waals surface area (Å²) in [5.74, 6) is 0.365. The van der Waals surface area contributed by atoms with Crippen LogP contribution in [0.4, 0.5) is 0 Å². The fourth-order valence-corrected chi connectivity index (χ4v) is 5.54. The Labute approximate surface area is 210 Å². The van der Waals surface area contributed by atoms with E-state index in [2.05, 4.69) is 14.5 Å². The molecule has 33 heavy (non-hydrogen) atoms. The fraction of sp³-hybridized carbons (Fsp3) is 0.500. The molecular formula is C24H35Cl2N3O3S. The third-order valence-corrected chi connectivity index (χ3v) is 7.73. The number of hydrogen-bond acceptors (Lipinski definition) is 5. The minimum absolute atomic E-state index is 0. The number of phenolic OH excluding ortho intramolecular Hbond substituents is 1. The number of aryl methyl sites for hydroxylation is 1. The van der Waals surface area contributed by atoms with Crippen molar-refractivity contribution in [1.29, 1.82) is 0 Å². The van der Waals surface area contributed by atoms with Crippen molar-refractivity contribution in [2.45, 2.75) is 57.1 Å². The molecule has 2 aliphatic heterocycles. The zero-order valence-electron chi connectivity index (χ0n) is 19.1. The lowest BCUT2D eigenvalue weighted by molar-refractivity contribution is 0.312. The van der Waals surface area contributed by atoms with Crippen LogP contribution in [0, 0.1) is 6.92 Å². The minimum Gasteiger partial charge on any atom is -0.507 e. The molecule has 2 N–H and O–H groups in total. The predicted octanol–water partition coefficient (Wildman–Crippen LogP) is 4.21. The molecule has 0 unspecified atom stereocenters. The van der Waals surface area contributed by atoms with Crippen LogP contribution in [0.1, 0.15) is 47.9 Å². The highest BCUT2D eigenvalue weighted by Crippen LogP contribution is 2.29. The lowest BCUT2D eigenvalue weighted by atomic mass is 10.0. The molecule has 9 heteroatoms. The van der Waals surface area contributed by atoms with Crippen molar-refractivity contribution in [1.82, 2.24) is 14.5 Å². The minimum atomic E-state index is -3.59. The molecule has 2 heterocycles. The van der Waals surface area contributed by atoms with E-state index in [1.54, 1.807) is 24.3 Å². The van der Waals surface area contributed by atoms with E-state index in [0.29, 0.717) is 18.8 Å². The predicted molar refractivity (Wildman–Crippen MR) is 137 cm³/mol. The first kappa shape index (κ1) is 27.9. The smallest absolute Gasteiger partial charge is 0.240 e. The molecule has 2 aromatic rings. The van der Waals surface area contributed by atoms with Gasteiger partial charge >= 0.3 is 0 Å². The average molecular weight is 517 g/mol. The van der Waals surface area contributed by atoms with E-state index in [1.165, 1.54) is 25.7 Å². The lowest BCUT2D eigenvalue weighted by Crippen LogP contribution is -2.24.